The Labute approximate surface area is 77.8 Å². The lowest BCUT2D eigenvalue weighted by molar-refractivity contribution is 0.0982. The summed E-state index contributed by atoms with van der Waals surface area (Å²) in [6.07, 6.45) is 1.44. The number of hydrogen-bond acceptors (Lipinski definition) is 2. The van der Waals surface area contributed by atoms with Gasteiger partial charge in [0, 0.05) is 12.0 Å². The molecule has 0 heterocycles. The van der Waals surface area contributed by atoms with Gasteiger partial charge in [-0.05, 0) is 18.6 Å². The number of rotatable bonds is 3. The number of hydrogen-bond donors (Lipinski definition) is 0. The Balaban J connectivity index is 2.81. The van der Waals surface area contributed by atoms with E-state index in [1.807, 2.05) is 13.0 Å². The number of nitriles is 1. The normalized spacial score (nSPS) is 9.23. The van der Waals surface area contributed by atoms with E-state index < -0.39 is 0 Å². The van der Waals surface area contributed by atoms with Gasteiger partial charge in [0.15, 0.2) is 5.78 Å². The fourth-order valence-corrected chi connectivity index (χ4v) is 1.10. The maximum absolute atomic E-state index is 11.4. The van der Waals surface area contributed by atoms with Crippen LogP contribution in [-0.4, -0.2) is 5.78 Å². The van der Waals surface area contributed by atoms with Crippen LogP contribution in [0.25, 0.3) is 0 Å². The summed E-state index contributed by atoms with van der Waals surface area (Å²) in [6.45, 7) is 1.97. The van der Waals surface area contributed by atoms with E-state index in [0.717, 1.165) is 6.42 Å². The van der Waals surface area contributed by atoms with Gasteiger partial charge in [0.1, 0.15) is 0 Å². The largest absolute Gasteiger partial charge is 0.294 e. The van der Waals surface area contributed by atoms with E-state index >= 15 is 0 Å². The summed E-state index contributed by atoms with van der Waals surface area (Å²) in [5.74, 6) is 0.145. The van der Waals surface area contributed by atoms with Gasteiger partial charge in [0.2, 0.25) is 0 Å². The quantitative estimate of drug-likeness (QED) is 0.659. The van der Waals surface area contributed by atoms with Gasteiger partial charge in [-0.3, -0.25) is 4.79 Å². The summed E-state index contributed by atoms with van der Waals surface area (Å²) in [4.78, 5) is 11.4. The highest BCUT2D eigenvalue weighted by Crippen LogP contribution is 2.07. The van der Waals surface area contributed by atoms with Crippen LogP contribution in [0.4, 0.5) is 0 Å². The molecule has 1 rings (SSSR count). The number of benzene rings is 1. The molecule has 0 aliphatic rings. The first-order valence-corrected chi connectivity index (χ1v) is 4.31. The van der Waals surface area contributed by atoms with Crippen molar-refractivity contribution in [3.8, 4) is 6.07 Å². The zero-order chi connectivity index (χ0) is 9.68. The lowest BCUT2D eigenvalue weighted by Gasteiger charge is -1.97. The van der Waals surface area contributed by atoms with E-state index in [2.05, 4.69) is 0 Å². The van der Waals surface area contributed by atoms with E-state index in [1.165, 1.54) is 0 Å². The number of ketones is 1. The molecule has 0 spiro atoms. The molecule has 1 aromatic rings. The van der Waals surface area contributed by atoms with Crippen molar-refractivity contribution in [2.45, 2.75) is 19.8 Å². The molecule has 0 amide bonds. The highest BCUT2D eigenvalue weighted by molar-refractivity contribution is 5.96. The molecular formula is C11H11NO. The van der Waals surface area contributed by atoms with Crippen LogP contribution in [0.15, 0.2) is 24.3 Å². The van der Waals surface area contributed by atoms with Crippen LogP contribution in [0.2, 0.25) is 0 Å². The molecule has 0 fully saturated rings. The van der Waals surface area contributed by atoms with Gasteiger partial charge in [-0.1, -0.05) is 19.1 Å². The molecule has 0 atom stereocenters. The Morgan fingerprint density at radius 2 is 2.00 bits per heavy atom. The van der Waals surface area contributed by atoms with Crippen molar-refractivity contribution in [1.82, 2.24) is 0 Å². The van der Waals surface area contributed by atoms with Crippen LogP contribution in [0.3, 0.4) is 0 Å². The van der Waals surface area contributed by atoms with Gasteiger partial charge in [-0.15, -0.1) is 0 Å². The first-order valence-electron chi connectivity index (χ1n) is 4.31. The van der Waals surface area contributed by atoms with Gasteiger partial charge in [-0.25, -0.2) is 0 Å². The van der Waals surface area contributed by atoms with E-state index in [1.54, 1.807) is 24.3 Å². The summed E-state index contributed by atoms with van der Waals surface area (Å²) in [6, 6.07) is 8.76. The SMILES string of the molecule is CCCC(=O)c1ccc(C#N)cc1. The minimum Gasteiger partial charge on any atom is -0.294 e. The standard InChI is InChI=1S/C11H11NO/c1-2-3-11(13)10-6-4-9(8-12)5-7-10/h4-7H,2-3H2,1H3. The van der Waals surface area contributed by atoms with Crippen LogP contribution in [0, 0.1) is 11.3 Å². The predicted octanol–water partition coefficient (Wildman–Crippen LogP) is 2.54. The lowest BCUT2D eigenvalue weighted by atomic mass is 10.1. The van der Waals surface area contributed by atoms with E-state index in [9.17, 15) is 4.79 Å². The average Bonchev–Trinajstić information content (AvgIpc) is 2.18. The molecule has 0 unspecified atom stereocenters. The van der Waals surface area contributed by atoms with Gasteiger partial charge in [0.05, 0.1) is 11.6 Å². The number of Topliss-reactive ketones (excluding diaryl/α,β-unsaturated/α-hetero) is 1. The first-order chi connectivity index (χ1) is 6.27. The van der Waals surface area contributed by atoms with E-state index in [-0.39, 0.29) is 5.78 Å². The minimum absolute atomic E-state index is 0.145. The van der Waals surface area contributed by atoms with Crippen LogP contribution >= 0.6 is 0 Å². The summed E-state index contributed by atoms with van der Waals surface area (Å²) in [5.41, 5.74) is 1.29. The van der Waals surface area contributed by atoms with Crippen LogP contribution in [0.5, 0.6) is 0 Å². The summed E-state index contributed by atoms with van der Waals surface area (Å²) in [5, 5.41) is 8.54. The topological polar surface area (TPSA) is 40.9 Å². The van der Waals surface area contributed by atoms with Gasteiger partial charge in [-0.2, -0.15) is 5.26 Å². The van der Waals surface area contributed by atoms with Crippen molar-refractivity contribution in [2.24, 2.45) is 0 Å². The van der Waals surface area contributed by atoms with Crippen LogP contribution in [-0.2, 0) is 0 Å². The second-order valence-corrected chi connectivity index (χ2v) is 2.86. The molecule has 0 radical (unpaired) electrons. The van der Waals surface area contributed by atoms with Crippen LogP contribution < -0.4 is 0 Å². The first kappa shape index (κ1) is 9.47. The summed E-state index contributed by atoms with van der Waals surface area (Å²) in [7, 11) is 0. The molecule has 0 bridgehead atoms. The Hall–Kier alpha value is -1.62. The maximum Gasteiger partial charge on any atom is 0.162 e. The number of carbonyl (C=O) groups is 1. The zero-order valence-corrected chi connectivity index (χ0v) is 7.58. The van der Waals surface area contributed by atoms with Crippen molar-refractivity contribution >= 4 is 5.78 Å². The fraction of sp³-hybridized carbons (Fsp3) is 0.273. The molecule has 0 saturated heterocycles. The average molecular weight is 173 g/mol. The molecule has 66 valence electrons. The van der Waals surface area contributed by atoms with Crippen LogP contribution in [0.1, 0.15) is 35.7 Å². The molecule has 0 aliphatic heterocycles. The second-order valence-electron chi connectivity index (χ2n) is 2.86. The molecule has 2 nitrogen and oxygen atoms in total. The number of carbonyl (C=O) groups excluding carboxylic acids is 1. The third kappa shape index (κ3) is 2.41. The monoisotopic (exact) mass is 173 g/mol. The molecule has 0 N–H and O–H groups in total. The van der Waals surface area contributed by atoms with Gasteiger partial charge >= 0.3 is 0 Å². The molecule has 1 aromatic carbocycles. The van der Waals surface area contributed by atoms with Crippen molar-refractivity contribution in [3.63, 3.8) is 0 Å². The minimum atomic E-state index is 0.145. The Bertz CT molecular complexity index is 332. The highest BCUT2D eigenvalue weighted by atomic mass is 16.1. The zero-order valence-electron chi connectivity index (χ0n) is 7.58. The molecular weight excluding hydrogens is 162 g/mol. The molecule has 2 heteroatoms. The summed E-state index contributed by atoms with van der Waals surface area (Å²) >= 11 is 0. The molecule has 0 aromatic heterocycles. The second kappa shape index (κ2) is 4.42. The van der Waals surface area contributed by atoms with Gasteiger partial charge in [0.25, 0.3) is 0 Å². The molecule has 13 heavy (non-hydrogen) atoms. The Kier molecular flexibility index (Phi) is 3.22. The van der Waals surface area contributed by atoms with Crippen molar-refractivity contribution < 1.29 is 4.79 Å². The van der Waals surface area contributed by atoms with Crippen molar-refractivity contribution in [1.29, 1.82) is 5.26 Å². The molecule has 0 saturated carbocycles. The Morgan fingerprint density at radius 3 is 2.46 bits per heavy atom. The predicted molar refractivity (Wildman–Crippen MR) is 50.4 cm³/mol. The van der Waals surface area contributed by atoms with Crippen molar-refractivity contribution in [2.75, 3.05) is 0 Å². The maximum atomic E-state index is 11.4. The van der Waals surface area contributed by atoms with Crippen molar-refractivity contribution in [3.05, 3.63) is 35.4 Å². The fourth-order valence-electron chi connectivity index (χ4n) is 1.10. The van der Waals surface area contributed by atoms with E-state index in [0.29, 0.717) is 17.5 Å². The lowest BCUT2D eigenvalue weighted by Crippen LogP contribution is -1.97. The third-order valence-corrected chi connectivity index (χ3v) is 1.81. The Morgan fingerprint density at radius 1 is 1.38 bits per heavy atom. The summed E-state index contributed by atoms with van der Waals surface area (Å²) < 4.78 is 0. The number of nitrogens with zero attached hydrogens (tertiary/aromatic N) is 1. The highest BCUT2D eigenvalue weighted by Gasteiger charge is 2.03. The smallest absolute Gasteiger partial charge is 0.162 e. The third-order valence-electron chi connectivity index (χ3n) is 1.81. The van der Waals surface area contributed by atoms with E-state index in [4.69, 9.17) is 5.26 Å². The molecule has 0 aliphatic carbocycles. The van der Waals surface area contributed by atoms with Gasteiger partial charge < -0.3 is 0 Å².